The monoisotopic (exact) mass is 434 g/mol. The molecule has 1 amide bonds. The Bertz CT molecular complexity index is 784. The van der Waals surface area contributed by atoms with Crippen LogP contribution in [0.4, 0.5) is 5.69 Å². The van der Waals surface area contributed by atoms with Crippen LogP contribution in [-0.2, 0) is 17.1 Å². The number of aryl methyl sites for hydroxylation is 1. The molecule has 0 aliphatic carbocycles. The van der Waals surface area contributed by atoms with Crippen molar-refractivity contribution in [2.24, 2.45) is 7.05 Å². The molecule has 0 aliphatic rings. The van der Waals surface area contributed by atoms with Gasteiger partial charge in [-0.05, 0) is 46.9 Å². The molecule has 0 spiro atoms. The van der Waals surface area contributed by atoms with E-state index in [1.165, 1.54) is 24.3 Å². The molecule has 2 aromatic rings. The van der Waals surface area contributed by atoms with Crippen molar-refractivity contribution in [1.29, 1.82) is 0 Å². The minimum Gasteiger partial charge on any atom is -0.321 e. The Labute approximate surface area is 142 Å². The third-order valence-electron chi connectivity index (χ3n) is 2.76. The standard InChI is InChI=1S/C13H15IN4O3S/c1-3-15-22(20,21)10-6-4-9(5-7-10)16-13(19)12-11(14)8-18(2)17-12/h4-8,15H,3H2,1-2H3,(H,16,19). The van der Waals surface area contributed by atoms with Gasteiger partial charge in [-0.1, -0.05) is 6.92 Å². The van der Waals surface area contributed by atoms with E-state index in [2.05, 4.69) is 15.1 Å². The highest BCUT2D eigenvalue weighted by Gasteiger charge is 2.16. The predicted octanol–water partition coefficient (Wildman–Crippen LogP) is 1.58. The van der Waals surface area contributed by atoms with Gasteiger partial charge in [0.2, 0.25) is 10.0 Å². The molecule has 0 radical (unpaired) electrons. The third kappa shape index (κ3) is 3.84. The number of nitrogens with one attached hydrogen (secondary N) is 2. The highest BCUT2D eigenvalue weighted by atomic mass is 127. The smallest absolute Gasteiger partial charge is 0.277 e. The van der Waals surface area contributed by atoms with Gasteiger partial charge in [-0.2, -0.15) is 5.10 Å². The van der Waals surface area contributed by atoms with E-state index in [4.69, 9.17) is 0 Å². The summed E-state index contributed by atoms with van der Waals surface area (Å²) in [6.45, 7) is 2.03. The van der Waals surface area contributed by atoms with Crippen molar-refractivity contribution in [3.8, 4) is 0 Å². The summed E-state index contributed by atoms with van der Waals surface area (Å²) in [6.07, 6.45) is 1.74. The molecule has 0 saturated heterocycles. The van der Waals surface area contributed by atoms with E-state index in [1.54, 1.807) is 24.9 Å². The lowest BCUT2D eigenvalue weighted by Gasteiger charge is -2.07. The molecule has 2 rings (SSSR count). The SMILES string of the molecule is CCNS(=O)(=O)c1ccc(NC(=O)c2nn(C)cc2I)cc1. The average molecular weight is 434 g/mol. The number of halogens is 1. The largest absolute Gasteiger partial charge is 0.321 e. The second kappa shape index (κ2) is 6.75. The summed E-state index contributed by atoms with van der Waals surface area (Å²) in [6, 6.07) is 5.96. The maximum Gasteiger partial charge on any atom is 0.277 e. The van der Waals surface area contributed by atoms with Crippen LogP contribution < -0.4 is 10.0 Å². The normalized spacial score (nSPS) is 11.4. The zero-order chi connectivity index (χ0) is 16.3. The van der Waals surface area contributed by atoms with Crippen molar-refractivity contribution < 1.29 is 13.2 Å². The van der Waals surface area contributed by atoms with Gasteiger partial charge in [-0.25, -0.2) is 13.1 Å². The molecule has 0 aliphatic heterocycles. The molecule has 7 nitrogen and oxygen atoms in total. The average Bonchev–Trinajstić information content (AvgIpc) is 2.78. The minimum atomic E-state index is -3.49. The van der Waals surface area contributed by atoms with Gasteiger partial charge in [-0.15, -0.1) is 0 Å². The summed E-state index contributed by atoms with van der Waals surface area (Å²) in [5, 5.41) is 6.77. The molecule has 0 bridgehead atoms. The van der Waals surface area contributed by atoms with Crippen LogP contribution in [0, 0.1) is 3.57 Å². The first-order valence-corrected chi connectivity index (χ1v) is 9.00. The van der Waals surface area contributed by atoms with Crippen LogP contribution in [0.5, 0.6) is 0 Å². The molecular formula is C13H15IN4O3S. The topological polar surface area (TPSA) is 93.1 Å². The van der Waals surface area contributed by atoms with Crippen molar-refractivity contribution in [2.75, 3.05) is 11.9 Å². The lowest BCUT2D eigenvalue weighted by atomic mass is 10.3. The van der Waals surface area contributed by atoms with E-state index in [0.29, 0.717) is 17.9 Å². The molecule has 1 aromatic heterocycles. The van der Waals surface area contributed by atoms with E-state index in [9.17, 15) is 13.2 Å². The summed E-state index contributed by atoms with van der Waals surface area (Å²) in [4.78, 5) is 12.3. The summed E-state index contributed by atoms with van der Waals surface area (Å²) < 4.78 is 28.3. The number of carbonyl (C=O) groups excluding carboxylic acids is 1. The van der Waals surface area contributed by atoms with Crippen LogP contribution in [0.1, 0.15) is 17.4 Å². The Morgan fingerprint density at radius 1 is 1.32 bits per heavy atom. The van der Waals surface area contributed by atoms with Crippen LogP contribution in [0.15, 0.2) is 35.4 Å². The van der Waals surface area contributed by atoms with E-state index in [-0.39, 0.29) is 10.8 Å². The Morgan fingerprint density at radius 3 is 2.45 bits per heavy atom. The lowest BCUT2D eigenvalue weighted by molar-refractivity contribution is 0.102. The molecule has 1 heterocycles. The Hall–Kier alpha value is -1.46. The summed E-state index contributed by atoms with van der Waals surface area (Å²) in [5.74, 6) is -0.340. The highest BCUT2D eigenvalue weighted by molar-refractivity contribution is 14.1. The van der Waals surface area contributed by atoms with E-state index >= 15 is 0 Å². The fraction of sp³-hybridized carbons (Fsp3) is 0.231. The van der Waals surface area contributed by atoms with Crippen LogP contribution in [0.25, 0.3) is 0 Å². The number of hydrogen-bond donors (Lipinski definition) is 2. The first-order chi connectivity index (χ1) is 10.3. The molecule has 9 heteroatoms. The van der Waals surface area contributed by atoms with Crippen molar-refractivity contribution >= 4 is 44.2 Å². The van der Waals surface area contributed by atoms with Crippen LogP contribution in [-0.4, -0.2) is 30.7 Å². The van der Waals surface area contributed by atoms with Crippen LogP contribution in [0.2, 0.25) is 0 Å². The van der Waals surface area contributed by atoms with E-state index in [0.717, 1.165) is 3.57 Å². The highest BCUT2D eigenvalue weighted by Crippen LogP contribution is 2.16. The fourth-order valence-corrected chi connectivity index (χ4v) is 3.59. The lowest BCUT2D eigenvalue weighted by Crippen LogP contribution is -2.23. The number of benzene rings is 1. The van der Waals surface area contributed by atoms with Crippen LogP contribution in [0.3, 0.4) is 0 Å². The van der Waals surface area contributed by atoms with Crippen molar-refractivity contribution in [3.05, 3.63) is 39.7 Å². The van der Waals surface area contributed by atoms with Crippen molar-refractivity contribution in [3.63, 3.8) is 0 Å². The van der Waals surface area contributed by atoms with E-state index in [1.807, 2.05) is 22.6 Å². The molecule has 118 valence electrons. The Morgan fingerprint density at radius 2 is 1.95 bits per heavy atom. The number of rotatable bonds is 5. The maximum atomic E-state index is 12.1. The zero-order valence-corrected chi connectivity index (χ0v) is 15.0. The first kappa shape index (κ1) is 16.9. The van der Waals surface area contributed by atoms with Gasteiger partial charge < -0.3 is 5.32 Å². The molecular weight excluding hydrogens is 419 g/mol. The number of amides is 1. The number of sulfonamides is 1. The quantitative estimate of drug-likeness (QED) is 0.699. The van der Waals surface area contributed by atoms with Crippen molar-refractivity contribution in [1.82, 2.24) is 14.5 Å². The Kier molecular flexibility index (Phi) is 5.19. The minimum absolute atomic E-state index is 0.153. The van der Waals surface area contributed by atoms with Gasteiger partial charge in [0.1, 0.15) is 0 Å². The predicted molar refractivity (Wildman–Crippen MR) is 91.2 cm³/mol. The third-order valence-corrected chi connectivity index (χ3v) is 5.11. The van der Waals surface area contributed by atoms with Gasteiger partial charge in [0.05, 0.1) is 8.47 Å². The second-order valence-corrected chi connectivity index (χ2v) is 7.41. The van der Waals surface area contributed by atoms with Gasteiger partial charge >= 0.3 is 0 Å². The molecule has 2 N–H and O–H groups in total. The molecule has 0 saturated carbocycles. The molecule has 22 heavy (non-hydrogen) atoms. The number of nitrogens with zero attached hydrogens (tertiary/aromatic N) is 2. The maximum absolute atomic E-state index is 12.1. The Balaban J connectivity index is 2.15. The van der Waals surface area contributed by atoms with Gasteiger partial charge in [0.15, 0.2) is 5.69 Å². The number of carbonyl (C=O) groups is 1. The molecule has 1 aromatic carbocycles. The number of aromatic nitrogens is 2. The van der Waals surface area contributed by atoms with Gasteiger partial charge in [0, 0.05) is 25.5 Å². The summed E-state index contributed by atoms with van der Waals surface area (Å²) >= 11 is 2.03. The van der Waals surface area contributed by atoms with Crippen molar-refractivity contribution in [2.45, 2.75) is 11.8 Å². The zero-order valence-electron chi connectivity index (χ0n) is 12.0. The molecule has 0 unspecified atom stereocenters. The first-order valence-electron chi connectivity index (χ1n) is 6.43. The number of hydrogen-bond acceptors (Lipinski definition) is 4. The molecule has 0 atom stereocenters. The van der Waals surface area contributed by atoms with Gasteiger partial charge in [-0.3, -0.25) is 9.48 Å². The fourth-order valence-electron chi connectivity index (χ4n) is 1.79. The van der Waals surface area contributed by atoms with Crippen LogP contribution >= 0.6 is 22.6 Å². The summed E-state index contributed by atoms with van der Waals surface area (Å²) in [5.41, 5.74) is 0.828. The molecule has 0 fully saturated rings. The van der Waals surface area contributed by atoms with E-state index < -0.39 is 10.0 Å². The second-order valence-electron chi connectivity index (χ2n) is 4.48. The summed E-state index contributed by atoms with van der Waals surface area (Å²) in [7, 11) is -1.76. The number of anilines is 1. The van der Waals surface area contributed by atoms with Gasteiger partial charge in [0.25, 0.3) is 5.91 Å².